The molecule has 0 aromatic heterocycles. The largest absolute Gasteiger partial charge is 0.308 e. The Labute approximate surface area is 131 Å². The Morgan fingerprint density at radius 3 is 2.50 bits per heavy atom. The molecular weight excluding hydrogens is 270 g/mol. The predicted octanol–water partition coefficient (Wildman–Crippen LogP) is 4.08. The maximum Gasteiger partial charge on any atom is 0.258 e. The first-order valence-electron chi connectivity index (χ1n) is 8.91. The van der Waals surface area contributed by atoms with Gasteiger partial charge in [0.2, 0.25) is 0 Å². The predicted molar refractivity (Wildman–Crippen MR) is 85.0 cm³/mol. The van der Waals surface area contributed by atoms with Gasteiger partial charge in [0, 0.05) is 17.7 Å². The van der Waals surface area contributed by atoms with Crippen LogP contribution in [0.1, 0.15) is 54.4 Å². The summed E-state index contributed by atoms with van der Waals surface area (Å²) in [5.74, 6) is 2.96. The molecule has 4 aliphatic carbocycles. The van der Waals surface area contributed by atoms with E-state index in [0.717, 1.165) is 29.9 Å². The molecule has 22 heavy (non-hydrogen) atoms. The van der Waals surface area contributed by atoms with Crippen LogP contribution in [0, 0.1) is 23.2 Å². The van der Waals surface area contributed by atoms with Crippen molar-refractivity contribution in [3.63, 3.8) is 0 Å². The Balaban J connectivity index is 1.64. The number of benzene rings is 1. The highest BCUT2D eigenvalue weighted by molar-refractivity contribution is 6.10. The van der Waals surface area contributed by atoms with E-state index in [4.69, 9.17) is 0 Å². The summed E-state index contributed by atoms with van der Waals surface area (Å²) in [6.45, 7) is 0.943. The molecule has 2 nitrogen and oxygen atoms in total. The van der Waals surface area contributed by atoms with Gasteiger partial charge in [-0.3, -0.25) is 4.79 Å². The molecule has 4 bridgehead atoms. The number of amides is 1. The van der Waals surface area contributed by atoms with E-state index in [2.05, 4.69) is 17.0 Å². The van der Waals surface area contributed by atoms with Gasteiger partial charge in [-0.15, -0.1) is 0 Å². The molecule has 6 aliphatic rings. The van der Waals surface area contributed by atoms with Crippen LogP contribution in [0.15, 0.2) is 29.8 Å². The first-order chi connectivity index (χ1) is 10.8. The first-order valence-corrected chi connectivity index (χ1v) is 8.91. The van der Waals surface area contributed by atoms with Crippen molar-refractivity contribution in [2.75, 3.05) is 6.54 Å². The number of fused-ring (bicyclic) bond motifs is 3. The van der Waals surface area contributed by atoms with Gasteiger partial charge < -0.3 is 4.90 Å². The number of rotatable bonds is 0. The lowest BCUT2D eigenvalue weighted by Crippen LogP contribution is -2.52. The molecule has 0 radical (unpaired) electrons. The molecule has 2 unspecified atom stereocenters. The molecule has 1 spiro atoms. The Morgan fingerprint density at radius 2 is 1.73 bits per heavy atom. The van der Waals surface area contributed by atoms with Gasteiger partial charge in [-0.1, -0.05) is 18.2 Å². The fourth-order valence-electron chi connectivity index (χ4n) is 6.86. The third-order valence-corrected chi connectivity index (χ3v) is 7.24. The van der Waals surface area contributed by atoms with E-state index in [0.29, 0.717) is 5.41 Å². The van der Waals surface area contributed by atoms with Crippen LogP contribution in [0.25, 0.3) is 5.70 Å². The summed E-state index contributed by atoms with van der Waals surface area (Å²) < 4.78 is 0. The molecule has 7 rings (SSSR count). The van der Waals surface area contributed by atoms with Gasteiger partial charge in [0.25, 0.3) is 5.91 Å². The van der Waals surface area contributed by atoms with Gasteiger partial charge in [-0.25, -0.2) is 0 Å². The smallest absolute Gasteiger partial charge is 0.258 e. The van der Waals surface area contributed by atoms with Gasteiger partial charge >= 0.3 is 0 Å². The number of carbonyl (C=O) groups is 1. The second kappa shape index (κ2) is 3.67. The summed E-state index contributed by atoms with van der Waals surface area (Å²) in [6.07, 6.45) is 8.30. The molecule has 1 amide bonds. The van der Waals surface area contributed by atoms with Crippen molar-refractivity contribution >= 4 is 11.6 Å². The minimum absolute atomic E-state index is 0.252. The molecule has 4 atom stereocenters. The van der Waals surface area contributed by atoms with E-state index >= 15 is 0 Å². The summed E-state index contributed by atoms with van der Waals surface area (Å²) in [7, 11) is 0. The van der Waals surface area contributed by atoms with Crippen molar-refractivity contribution in [2.45, 2.75) is 38.5 Å². The minimum Gasteiger partial charge on any atom is -0.308 e. The second-order valence-electron chi connectivity index (χ2n) is 8.34. The number of nitrogens with zero attached hydrogens (tertiary/aromatic N) is 1. The molecule has 1 aromatic carbocycles. The van der Waals surface area contributed by atoms with E-state index in [9.17, 15) is 4.79 Å². The van der Waals surface area contributed by atoms with Crippen LogP contribution in [0.4, 0.5) is 0 Å². The fourth-order valence-corrected chi connectivity index (χ4v) is 6.86. The van der Waals surface area contributed by atoms with Gasteiger partial charge in [0.15, 0.2) is 0 Å². The Kier molecular flexibility index (Phi) is 1.99. The summed E-state index contributed by atoms with van der Waals surface area (Å²) in [6, 6.07) is 8.31. The van der Waals surface area contributed by atoms with Crippen LogP contribution in [0.3, 0.4) is 0 Å². The van der Waals surface area contributed by atoms with Crippen molar-refractivity contribution in [3.8, 4) is 0 Å². The second-order valence-corrected chi connectivity index (χ2v) is 8.34. The molecule has 4 fully saturated rings. The van der Waals surface area contributed by atoms with E-state index in [1.807, 2.05) is 12.1 Å². The number of allylic oxidation sites excluding steroid dienone is 1. The molecular formula is C20H21NO. The van der Waals surface area contributed by atoms with Crippen molar-refractivity contribution in [2.24, 2.45) is 23.2 Å². The van der Waals surface area contributed by atoms with Gasteiger partial charge in [0.1, 0.15) is 0 Å². The minimum atomic E-state index is 0.252. The maximum absolute atomic E-state index is 12.8. The summed E-state index contributed by atoms with van der Waals surface area (Å²) in [5, 5.41) is 0. The number of carbonyl (C=O) groups excluding carboxylic acids is 1. The highest BCUT2D eigenvalue weighted by Crippen LogP contribution is 2.67. The SMILES string of the molecule is O=C1c2ccccc2C2=C3C4C[C@@H]5C[C@H](C4)CC3(CCN12)C5. The number of hydrogen-bond donors (Lipinski definition) is 0. The summed E-state index contributed by atoms with van der Waals surface area (Å²) in [4.78, 5) is 14.9. The Bertz CT molecular complexity index is 732. The summed E-state index contributed by atoms with van der Waals surface area (Å²) >= 11 is 0. The normalized spacial score (nSPS) is 40.8. The van der Waals surface area contributed by atoms with Crippen molar-refractivity contribution in [1.82, 2.24) is 4.90 Å². The standard InChI is InChI=1S/C20H21NO/c22-19-16-4-2-1-3-15(16)18-17-14-8-12-7-13(9-14)11-20(17,10-12)5-6-21(18)19/h1-4,12-14H,5-11H2/t12-,13+,14?,20?. The molecule has 2 heteroatoms. The van der Waals surface area contributed by atoms with Crippen LogP contribution in [-0.2, 0) is 0 Å². The molecule has 1 aromatic rings. The zero-order valence-corrected chi connectivity index (χ0v) is 12.8. The van der Waals surface area contributed by atoms with Crippen LogP contribution < -0.4 is 0 Å². The lowest BCUT2D eigenvalue weighted by molar-refractivity contribution is -0.0115. The van der Waals surface area contributed by atoms with Crippen LogP contribution >= 0.6 is 0 Å². The Morgan fingerprint density at radius 1 is 1.00 bits per heavy atom. The topological polar surface area (TPSA) is 20.3 Å². The van der Waals surface area contributed by atoms with Crippen LogP contribution in [-0.4, -0.2) is 17.4 Å². The van der Waals surface area contributed by atoms with Crippen molar-refractivity contribution < 1.29 is 4.79 Å². The average molecular weight is 291 g/mol. The Hall–Kier alpha value is -1.57. The van der Waals surface area contributed by atoms with Crippen LogP contribution in [0.5, 0.6) is 0 Å². The molecule has 4 saturated carbocycles. The van der Waals surface area contributed by atoms with E-state index < -0.39 is 0 Å². The van der Waals surface area contributed by atoms with E-state index in [1.165, 1.54) is 49.8 Å². The highest BCUT2D eigenvalue weighted by Gasteiger charge is 2.58. The average Bonchev–Trinajstić information content (AvgIpc) is 2.79. The third-order valence-electron chi connectivity index (χ3n) is 7.24. The third kappa shape index (κ3) is 1.23. The fraction of sp³-hybridized carbons (Fsp3) is 0.550. The highest BCUT2D eigenvalue weighted by atomic mass is 16.2. The first kappa shape index (κ1) is 11.9. The number of hydrogen-bond acceptors (Lipinski definition) is 1. The molecule has 2 aliphatic heterocycles. The lowest BCUT2D eigenvalue weighted by atomic mass is 9.45. The van der Waals surface area contributed by atoms with Gasteiger partial charge in [-0.2, -0.15) is 0 Å². The van der Waals surface area contributed by atoms with Crippen molar-refractivity contribution in [1.29, 1.82) is 0 Å². The maximum atomic E-state index is 12.8. The van der Waals surface area contributed by atoms with Gasteiger partial charge in [-0.05, 0) is 73.3 Å². The summed E-state index contributed by atoms with van der Waals surface area (Å²) in [5.41, 5.74) is 5.67. The molecule has 2 heterocycles. The monoisotopic (exact) mass is 291 g/mol. The quantitative estimate of drug-likeness (QED) is 0.705. The van der Waals surface area contributed by atoms with E-state index in [1.54, 1.807) is 5.57 Å². The molecule has 0 N–H and O–H groups in total. The van der Waals surface area contributed by atoms with Crippen molar-refractivity contribution in [3.05, 3.63) is 41.0 Å². The molecule has 112 valence electrons. The van der Waals surface area contributed by atoms with E-state index in [-0.39, 0.29) is 5.91 Å². The lowest BCUT2D eigenvalue weighted by Gasteiger charge is -2.61. The zero-order valence-electron chi connectivity index (χ0n) is 12.8. The van der Waals surface area contributed by atoms with Gasteiger partial charge in [0.05, 0.1) is 5.70 Å². The van der Waals surface area contributed by atoms with Crippen LogP contribution in [0.2, 0.25) is 0 Å². The zero-order chi connectivity index (χ0) is 14.5. The molecule has 0 saturated heterocycles.